The fraction of sp³-hybridized carbons (Fsp3) is 0. The van der Waals surface area contributed by atoms with Gasteiger partial charge in [-0.1, -0.05) is 140 Å². The van der Waals surface area contributed by atoms with Crippen molar-refractivity contribution in [2.24, 2.45) is 0 Å². The van der Waals surface area contributed by atoms with Gasteiger partial charge in [0.15, 0.2) is 0 Å². The lowest BCUT2D eigenvalue weighted by Crippen LogP contribution is -1.97. The van der Waals surface area contributed by atoms with Crippen LogP contribution >= 0.6 is 0 Å². The Bertz CT molecular complexity index is 3240. The number of para-hydroxylation sites is 3. The van der Waals surface area contributed by atoms with Crippen LogP contribution in [0.15, 0.2) is 197 Å². The Morgan fingerprint density at radius 2 is 0.732 bits per heavy atom. The van der Waals surface area contributed by atoms with E-state index in [0.717, 1.165) is 77.3 Å². The zero-order valence-electron chi connectivity index (χ0n) is 30.2. The molecule has 0 saturated carbocycles. The average Bonchev–Trinajstić information content (AvgIpc) is 3.84. The van der Waals surface area contributed by atoms with Gasteiger partial charge in [-0.25, -0.2) is 0 Å². The topological polar surface area (TPSA) is 39.2 Å². The van der Waals surface area contributed by atoms with E-state index in [-0.39, 0.29) is 0 Å². The van der Waals surface area contributed by atoms with Crippen molar-refractivity contribution in [3.8, 4) is 77.9 Å². The lowest BCUT2D eigenvalue weighted by molar-refractivity contribution is 0.669. The predicted molar refractivity (Wildman–Crippen MR) is 230 cm³/mol. The van der Waals surface area contributed by atoms with Gasteiger partial charge in [0.05, 0.1) is 0 Å². The van der Waals surface area contributed by atoms with Crippen LogP contribution in [0.2, 0.25) is 0 Å². The largest absolute Gasteiger partial charge is 0.455 e. The van der Waals surface area contributed by atoms with E-state index in [1.165, 1.54) is 44.5 Å². The summed E-state index contributed by atoms with van der Waals surface area (Å²) in [6, 6.07) is 63.4. The molecule has 0 spiro atoms. The Labute approximate surface area is 322 Å². The van der Waals surface area contributed by atoms with Crippen molar-refractivity contribution in [3.63, 3.8) is 0 Å². The molecule has 0 fully saturated rings. The first kappa shape index (κ1) is 30.9. The van der Waals surface area contributed by atoms with Crippen molar-refractivity contribution < 1.29 is 8.83 Å². The highest BCUT2D eigenvalue weighted by Gasteiger charge is 2.23. The lowest BCUT2D eigenvalue weighted by Gasteiger charge is -2.23. The minimum Gasteiger partial charge on any atom is -0.455 e. The molecule has 0 radical (unpaired) electrons. The molecule has 0 aliphatic heterocycles. The van der Waals surface area contributed by atoms with E-state index < -0.39 is 0 Å². The molecule has 260 valence electrons. The molecule has 56 heavy (non-hydrogen) atoms. The summed E-state index contributed by atoms with van der Waals surface area (Å²) in [6.07, 6.45) is 3.67. The molecule has 8 aromatic carbocycles. The van der Waals surface area contributed by atoms with Gasteiger partial charge >= 0.3 is 0 Å². The molecule has 0 saturated heterocycles. The lowest BCUT2D eigenvalue weighted by atomic mass is 9.80. The smallest absolute Gasteiger partial charge is 0.143 e. The van der Waals surface area contributed by atoms with Crippen LogP contribution < -0.4 is 0 Å². The molecule has 3 heteroatoms. The first-order valence-corrected chi connectivity index (χ1v) is 19.0. The second-order valence-corrected chi connectivity index (χ2v) is 14.6. The summed E-state index contributed by atoms with van der Waals surface area (Å²) in [7, 11) is 0. The summed E-state index contributed by atoms with van der Waals surface area (Å²) < 4.78 is 13.2. The third-order valence-electron chi connectivity index (χ3n) is 11.6. The first-order valence-electron chi connectivity index (χ1n) is 19.0. The van der Waals surface area contributed by atoms with Gasteiger partial charge in [0.25, 0.3) is 0 Å². The summed E-state index contributed by atoms with van der Waals surface area (Å²) in [5, 5.41) is 4.28. The fourth-order valence-electron chi connectivity index (χ4n) is 8.99. The molecule has 0 unspecified atom stereocenters. The maximum atomic E-state index is 6.61. The number of pyridine rings is 1. The number of fused-ring (bicyclic) bond motifs is 14. The van der Waals surface area contributed by atoms with Crippen molar-refractivity contribution >= 4 is 43.9 Å². The van der Waals surface area contributed by atoms with E-state index in [2.05, 4.69) is 163 Å². The second-order valence-electron chi connectivity index (χ2n) is 14.6. The minimum atomic E-state index is 0.827. The highest BCUT2D eigenvalue weighted by atomic mass is 16.3. The maximum absolute atomic E-state index is 6.61. The number of rotatable bonds is 3. The minimum absolute atomic E-state index is 0.827. The van der Waals surface area contributed by atoms with Crippen molar-refractivity contribution in [3.05, 3.63) is 188 Å². The molecule has 1 aliphatic rings. The van der Waals surface area contributed by atoms with Crippen LogP contribution in [-0.4, -0.2) is 4.98 Å². The van der Waals surface area contributed by atoms with E-state index in [9.17, 15) is 0 Å². The zero-order chi connectivity index (χ0) is 36.7. The van der Waals surface area contributed by atoms with Crippen LogP contribution in [0.4, 0.5) is 0 Å². The van der Waals surface area contributed by atoms with Gasteiger partial charge in [-0.2, -0.15) is 0 Å². The third kappa shape index (κ3) is 4.61. The summed E-state index contributed by atoms with van der Waals surface area (Å²) in [6.45, 7) is 0. The van der Waals surface area contributed by atoms with Crippen molar-refractivity contribution in [2.45, 2.75) is 0 Å². The molecule has 12 rings (SSSR count). The molecule has 3 nitrogen and oxygen atoms in total. The summed E-state index contributed by atoms with van der Waals surface area (Å²) >= 11 is 0. The van der Waals surface area contributed by atoms with Crippen molar-refractivity contribution in [1.82, 2.24) is 4.98 Å². The molecule has 0 atom stereocenters. The molecular weight excluding hydrogens is 683 g/mol. The van der Waals surface area contributed by atoms with Crippen LogP contribution in [-0.2, 0) is 0 Å². The van der Waals surface area contributed by atoms with Crippen molar-refractivity contribution in [1.29, 1.82) is 0 Å². The van der Waals surface area contributed by atoms with E-state index in [1.807, 2.05) is 24.4 Å². The molecular formula is C53H31NO2. The zero-order valence-corrected chi connectivity index (χ0v) is 30.2. The Kier molecular flexibility index (Phi) is 6.63. The van der Waals surface area contributed by atoms with Crippen molar-refractivity contribution in [2.75, 3.05) is 0 Å². The van der Waals surface area contributed by atoms with Crippen LogP contribution in [0, 0.1) is 0 Å². The SMILES string of the molecule is c1ccc2c(c1)-c1ccccc1-c1ccc(-c3cc(-c4cccc5c4oc4ccccc45)cc(-c4cccc5c4oc4ccncc45)c3)cc1-c1ccccc1-2. The average molecular weight is 714 g/mol. The number of hydrogen-bond donors (Lipinski definition) is 0. The first-order chi connectivity index (χ1) is 27.8. The third-order valence-corrected chi connectivity index (χ3v) is 11.6. The Hall–Kier alpha value is -7.49. The van der Waals surface area contributed by atoms with Crippen LogP contribution in [0.1, 0.15) is 0 Å². The fourth-order valence-corrected chi connectivity index (χ4v) is 8.99. The number of furan rings is 2. The molecule has 0 bridgehead atoms. The molecule has 11 aromatic rings. The summed E-state index contributed by atoms with van der Waals surface area (Å²) in [5.41, 5.74) is 19.7. The van der Waals surface area contributed by atoms with E-state index in [1.54, 1.807) is 6.20 Å². The van der Waals surface area contributed by atoms with Crippen LogP contribution in [0.25, 0.3) is 122 Å². The van der Waals surface area contributed by atoms with E-state index in [0.29, 0.717) is 0 Å². The molecule has 3 aromatic heterocycles. The summed E-state index contributed by atoms with van der Waals surface area (Å²) in [5.74, 6) is 0. The molecule has 3 heterocycles. The van der Waals surface area contributed by atoms with Gasteiger partial charge in [-0.15, -0.1) is 0 Å². The monoisotopic (exact) mass is 713 g/mol. The van der Waals surface area contributed by atoms with Gasteiger partial charge < -0.3 is 8.83 Å². The van der Waals surface area contributed by atoms with Gasteiger partial charge in [0.2, 0.25) is 0 Å². The Morgan fingerprint density at radius 3 is 1.34 bits per heavy atom. The summed E-state index contributed by atoms with van der Waals surface area (Å²) in [4.78, 5) is 4.41. The molecule has 1 aliphatic carbocycles. The van der Waals surface area contributed by atoms with E-state index in [4.69, 9.17) is 8.83 Å². The standard InChI is InChI=1S/C53H31NO2/c1-2-12-39-38(11-1)40-13-3-4-15-42(40)44-24-23-32(30-48(44)43-16-6-5-14-41(39)43)33-27-34(36-18-9-20-46-45-17-7-8-22-50(45)55-52(36)46)29-35(28-33)37-19-10-21-47-49-31-54-26-25-51(49)56-53(37)47/h1-31H. The van der Waals surface area contributed by atoms with Crippen LogP contribution in [0.3, 0.4) is 0 Å². The number of nitrogens with zero attached hydrogens (tertiary/aromatic N) is 1. The molecule has 0 amide bonds. The number of hydrogen-bond acceptors (Lipinski definition) is 3. The van der Waals surface area contributed by atoms with Crippen LogP contribution in [0.5, 0.6) is 0 Å². The maximum Gasteiger partial charge on any atom is 0.143 e. The van der Waals surface area contributed by atoms with Gasteiger partial charge in [0.1, 0.15) is 22.3 Å². The highest BCUT2D eigenvalue weighted by Crippen LogP contribution is 2.49. The van der Waals surface area contributed by atoms with Gasteiger partial charge in [0, 0.05) is 45.1 Å². The highest BCUT2D eigenvalue weighted by molar-refractivity contribution is 6.12. The predicted octanol–water partition coefficient (Wildman–Crippen LogP) is 14.9. The van der Waals surface area contributed by atoms with E-state index >= 15 is 0 Å². The normalized spacial score (nSPS) is 11.9. The number of aromatic nitrogens is 1. The molecule has 0 N–H and O–H groups in total. The Balaban J connectivity index is 1.13. The second kappa shape index (κ2) is 12.0. The Morgan fingerprint density at radius 1 is 0.286 bits per heavy atom. The van der Waals surface area contributed by atoms with Gasteiger partial charge in [-0.3, -0.25) is 4.98 Å². The quantitative estimate of drug-likeness (QED) is 0.183. The van der Waals surface area contributed by atoms with Gasteiger partial charge in [-0.05, 0) is 103 Å². The number of benzene rings is 8.